The maximum Gasteiger partial charge on any atom is 0.334 e. The van der Waals surface area contributed by atoms with Crippen LogP contribution in [0.5, 0.6) is 11.5 Å². The normalized spacial score (nSPS) is 20.9. The summed E-state index contributed by atoms with van der Waals surface area (Å²) in [6.07, 6.45) is 1.66. The largest absolute Gasteiger partial charge is 0.508 e. The molecular weight excluding hydrogens is 234 g/mol. The number of esters is 1. The first kappa shape index (κ1) is 12.4. The van der Waals surface area contributed by atoms with Gasteiger partial charge in [0.25, 0.3) is 0 Å². The third-order valence-corrected chi connectivity index (χ3v) is 2.95. The van der Waals surface area contributed by atoms with Crippen LogP contribution < -0.4 is 10.1 Å². The van der Waals surface area contributed by atoms with Crippen LogP contribution in [0.3, 0.4) is 0 Å². The molecular formula is C13H15NO4. The van der Waals surface area contributed by atoms with Crippen LogP contribution in [0, 0.1) is 0 Å². The molecule has 0 aliphatic carbocycles. The molecule has 96 valence electrons. The lowest BCUT2D eigenvalue weighted by Gasteiger charge is -2.25. The number of phenols is 1. The number of benzene rings is 1. The molecule has 0 saturated carbocycles. The summed E-state index contributed by atoms with van der Waals surface area (Å²) in [5.41, 5.74) is -0.375. The van der Waals surface area contributed by atoms with Crippen LogP contribution in [0.1, 0.15) is 5.56 Å². The smallest absolute Gasteiger partial charge is 0.334 e. The Morgan fingerprint density at radius 1 is 1.72 bits per heavy atom. The SMILES string of the molecule is C=CCNC1(C(=O)OC)COc2cc(O)ccc21. The van der Waals surface area contributed by atoms with E-state index in [1.165, 1.54) is 19.2 Å². The van der Waals surface area contributed by atoms with Crippen molar-refractivity contribution in [1.29, 1.82) is 0 Å². The molecule has 2 rings (SSSR count). The Labute approximate surface area is 105 Å². The monoisotopic (exact) mass is 249 g/mol. The van der Waals surface area contributed by atoms with E-state index < -0.39 is 11.5 Å². The van der Waals surface area contributed by atoms with Gasteiger partial charge in [-0.2, -0.15) is 0 Å². The number of ether oxygens (including phenoxy) is 2. The summed E-state index contributed by atoms with van der Waals surface area (Å²) in [5, 5.41) is 12.5. The number of phenolic OH excluding ortho intramolecular Hbond substituents is 1. The van der Waals surface area contributed by atoms with Crippen LogP contribution in [0.15, 0.2) is 30.9 Å². The zero-order valence-corrected chi connectivity index (χ0v) is 10.1. The zero-order chi connectivity index (χ0) is 13.2. The highest BCUT2D eigenvalue weighted by atomic mass is 16.5. The van der Waals surface area contributed by atoms with Crippen molar-refractivity contribution >= 4 is 5.97 Å². The molecule has 0 aromatic heterocycles. The van der Waals surface area contributed by atoms with Gasteiger partial charge in [0.2, 0.25) is 0 Å². The number of methoxy groups -OCH3 is 1. The van der Waals surface area contributed by atoms with Gasteiger partial charge in [0.05, 0.1) is 7.11 Å². The Morgan fingerprint density at radius 2 is 2.50 bits per heavy atom. The van der Waals surface area contributed by atoms with Crippen LogP contribution in [0.2, 0.25) is 0 Å². The van der Waals surface area contributed by atoms with Crippen molar-refractivity contribution in [2.24, 2.45) is 0 Å². The van der Waals surface area contributed by atoms with Gasteiger partial charge in [-0.05, 0) is 12.1 Å². The van der Waals surface area contributed by atoms with Crippen LogP contribution in [-0.4, -0.2) is 31.3 Å². The minimum absolute atomic E-state index is 0.0955. The fourth-order valence-electron chi connectivity index (χ4n) is 2.05. The molecule has 0 radical (unpaired) electrons. The molecule has 0 saturated heterocycles. The molecule has 2 N–H and O–H groups in total. The van der Waals surface area contributed by atoms with Gasteiger partial charge in [-0.1, -0.05) is 6.08 Å². The summed E-state index contributed by atoms with van der Waals surface area (Å²) in [4.78, 5) is 12.0. The predicted molar refractivity (Wildman–Crippen MR) is 65.5 cm³/mol. The van der Waals surface area contributed by atoms with Crippen LogP contribution in [0.4, 0.5) is 0 Å². The van der Waals surface area contributed by atoms with Gasteiger partial charge in [0.15, 0.2) is 5.54 Å². The second-order valence-electron chi connectivity index (χ2n) is 4.04. The maximum atomic E-state index is 12.0. The van der Waals surface area contributed by atoms with E-state index in [2.05, 4.69) is 11.9 Å². The number of hydrogen-bond donors (Lipinski definition) is 2. The topological polar surface area (TPSA) is 67.8 Å². The molecule has 1 unspecified atom stereocenters. The Bertz CT molecular complexity index is 486. The van der Waals surface area contributed by atoms with Crippen molar-refractivity contribution < 1.29 is 19.4 Å². The molecule has 5 nitrogen and oxygen atoms in total. The van der Waals surface area contributed by atoms with Crippen molar-refractivity contribution in [3.63, 3.8) is 0 Å². The molecule has 5 heteroatoms. The third-order valence-electron chi connectivity index (χ3n) is 2.95. The van der Waals surface area contributed by atoms with Crippen molar-refractivity contribution in [1.82, 2.24) is 5.32 Å². The van der Waals surface area contributed by atoms with Gasteiger partial charge in [-0.3, -0.25) is 5.32 Å². The van der Waals surface area contributed by atoms with Crippen molar-refractivity contribution in [3.8, 4) is 11.5 Å². The Morgan fingerprint density at radius 3 is 3.17 bits per heavy atom. The van der Waals surface area contributed by atoms with Crippen molar-refractivity contribution in [3.05, 3.63) is 36.4 Å². The third kappa shape index (κ3) is 1.82. The highest BCUT2D eigenvalue weighted by molar-refractivity contribution is 5.85. The van der Waals surface area contributed by atoms with E-state index in [9.17, 15) is 9.90 Å². The van der Waals surface area contributed by atoms with Gasteiger partial charge in [0.1, 0.15) is 18.1 Å². The predicted octanol–water partition coefficient (Wildman–Crippen LogP) is 0.928. The summed E-state index contributed by atoms with van der Waals surface area (Å²) < 4.78 is 10.3. The van der Waals surface area contributed by atoms with E-state index in [-0.39, 0.29) is 12.4 Å². The molecule has 1 aliphatic heterocycles. The molecule has 1 heterocycles. The molecule has 1 aromatic rings. The Kier molecular flexibility index (Phi) is 3.25. The highest BCUT2D eigenvalue weighted by Gasteiger charge is 2.48. The number of hydrogen-bond acceptors (Lipinski definition) is 5. The number of carbonyl (C=O) groups is 1. The summed E-state index contributed by atoms with van der Waals surface area (Å²) in [5.74, 6) is 0.156. The van der Waals surface area contributed by atoms with Crippen molar-refractivity contribution in [2.75, 3.05) is 20.3 Å². The van der Waals surface area contributed by atoms with E-state index in [1.54, 1.807) is 12.1 Å². The Balaban J connectivity index is 2.45. The molecule has 0 fully saturated rings. The minimum atomic E-state index is -1.04. The lowest BCUT2D eigenvalue weighted by Crippen LogP contribution is -2.51. The number of fused-ring (bicyclic) bond motifs is 1. The van der Waals surface area contributed by atoms with E-state index in [4.69, 9.17) is 9.47 Å². The molecule has 0 bridgehead atoms. The maximum absolute atomic E-state index is 12.0. The van der Waals surface area contributed by atoms with E-state index >= 15 is 0 Å². The Hall–Kier alpha value is -2.01. The average molecular weight is 249 g/mol. The number of carbonyl (C=O) groups excluding carboxylic acids is 1. The van der Waals surface area contributed by atoms with Gasteiger partial charge < -0.3 is 14.6 Å². The van der Waals surface area contributed by atoms with Gasteiger partial charge in [-0.25, -0.2) is 4.79 Å². The quantitative estimate of drug-likeness (QED) is 0.613. The fraction of sp³-hybridized carbons (Fsp3) is 0.308. The zero-order valence-electron chi connectivity index (χ0n) is 10.1. The average Bonchev–Trinajstić information content (AvgIpc) is 2.74. The molecule has 1 aliphatic rings. The fourth-order valence-corrected chi connectivity index (χ4v) is 2.05. The molecule has 18 heavy (non-hydrogen) atoms. The summed E-state index contributed by atoms with van der Waals surface area (Å²) in [6.45, 7) is 4.19. The molecule has 1 atom stereocenters. The van der Waals surface area contributed by atoms with Crippen LogP contribution in [0.25, 0.3) is 0 Å². The second-order valence-corrected chi connectivity index (χ2v) is 4.04. The molecule has 0 amide bonds. The van der Waals surface area contributed by atoms with Gasteiger partial charge in [-0.15, -0.1) is 6.58 Å². The van der Waals surface area contributed by atoms with E-state index in [0.717, 1.165) is 0 Å². The highest BCUT2D eigenvalue weighted by Crippen LogP contribution is 2.39. The number of aromatic hydroxyl groups is 1. The minimum Gasteiger partial charge on any atom is -0.508 e. The lowest BCUT2D eigenvalue weighted by molar-refractivity contribution is -0.149. The second kappa shape index (κ2) is 4.70. The van der Waals surface area contributed by atoms with Gasteiger partial charge >= 0.3 is 5.97 Å². The lowest BCUT2D eigenvalue weighted by atomic mass is 9.92. The van der Waals surface area contributed by atoms with Gasteiger partial charge in [0, 0.05) is 18.2 Å². The summed E-state index contributed by atoms with van der Waals surface area (Å²) in [7, 11) is 1.33. The first-order valence-corrected chi connectivity index (χ1v) is 5.54. The van der Waals surface area contributed by atoms with Crippen LogP contribution >= 0.6 is 0 Å². The molecule has 1 aromatic carbocycles. The van der Waals surface area contributed by atoms with E-state index in [1.807, 2.05) is 0 Å². The first-order valence-electron chi connectivity index (χ1n) is 5.54. The molecule has 0 spiro atoms. The van der Waals surface area contributed by atoms with Crippen molar-refractivity contribution in [2.45, 2.75) is 5.54 Å². The summed E-state index contributed by atoms with van der Waals surface area (Å²) >= 11 is 0. The number of nitrogens with one attached hydrogen (secondary N) is 1. The van der Waals surface area contributed by atoms with Crippen LogP contribution in [-0.2, 0) is 15.1 Å². The summed E-state index contributed by atoms with van der Waals surface area (Å²) in [6, 6.07) is 4.65. The number of rotatable bonds is 4. The first-order chi connectivity index (χ1) is 8.64. The van der Waals surface area contributed by atoms with E-state index in [0.29, 0.717) is 17.9 Å². The standard InChI is InChI=1S/C13H15NO4/c1-3-6-14-13(12(16)17-2)8-18-11-7-9(15)4-5-10(11)13/h3-5,7,14-15H,1,6,8H2,2H3.